The first kappa shape index (κ1) is 15.9. The van der Waals surface area contributed by atoms with Crippen LogP contribution in [0.5, 0.6) is 0 Å². The number of hydrogen-bond donors (Lipinski definition) is 2. The molecule has 0 atom stereocenters. The molecule has 9 heteroatoms. The number of carbonyl (C=O) groups is 2. The van der Waals surface area contributed by atoms with Crippen LogP contribution in [0.4, 0.5) is 0 Å². The molecule has 0 bridgehead atoms. The molecule has 1 fully saturated rings. The van der Waals surface area contributed by atoms with Crippen molar-refractivity contribution in [3.05, 3.63) is 0 Å². The Hall–Kier alpha value is -1.19. The van der Waals surface area contributed by atoms with Crippen molar-refractivity contribution < 1.29 is 23.1 Å². The molecule has 0 radical (unpaired) electrons. The third kappa shape index (κ3) is 4.15. The molecule has 3 N–H and O–H groups in total. The van der Waals surface area contributed by atoms with Crippen LogP contribution in [0.3, 0.4) is 0 Å². The maximum atomic E-state index is 11.9. The van der Waals surface area contributed by atoms with Crippen LogP contribution >= 0.6 is 0 Å². The van der Waals surface area contributed by atoms with Crippen molar-refractivity contribution in [1.82, 2.24) is 9.21 Å². The molecule has 110 valence electrons. The maximum Gasteiger partial charge on any atom is 0.309 e. The molecule has 1 aliphatic rings. The monoisotopic (exact) mass is 293 g/mol. The van der Waals surface area contributed by atoms with Gasteiger partial charge in [0.2, 0.25) is 5.91 Å². The second-order valence-corrected chi connectivity index (χ2v) is 6.74. The first-order valence-electron chi connectivity index (χ1n) is 5.83. The van der Waals surface area contributed by atoms with Gasteiger partial charge in [-0.2, -0.15) is 12.7 Å². The Morgan fingerprint density at radius 3 is 2.05 bits per heavy atom. The molecule has 1 saturated heterocycles. The molecule has 0 spiro atoms. The second kappa shape index (κ2) is 5.43. The number of nitrogens with zero attached hydrogens (tertiary/aromatic N) is 2. The van der Waals surface area contributed by atoms with E-state index < -0.39 is 21.6 Å². The normalized spacial score (nSPS) is 18.4. The molecule has 19 heavy (non-hydrogen) atoms. The summed E-state index contributed by atoms with van der Waals surface area (Å²) in [6, 6.07) is 0. The second-order valence-electron chi connectivity index (χ2n) is 5.19. The molecule has 0 aromatic rings. The van der Waals surface area contributed by atoms with E-state index in [9.17, 15) is 18.0 Å². The van der Waals surface area contributed by atoms with Gasteiger partial charge >= 0.3 is 5.97 Å². The molecular weight excluding hydrogens is 274 g/mol. The van der Waals surface area contributed by atoms with Crippen LogP contribution in [0.1, 0.15) is 20.3 Å². The fourth-order valence-corrected chi connectivity index (χ4v) is 2.43. The van der Waals surface area contributed by atoms with Gasteiger partial charge < -0.3 is 10.0 Å². The van der Waals surface area contributed by atoms with Gasteiger partial charge in [0.25, 0.3) is 10.2 Å². The number of aliphatic carboxylic acids is 1. The molecule has 8 nitrogen and oxygen atoms in total. The van der Waals surface area contributed by atoms with E-state index in [2.05, 4.69) is 0 Å². The summed E-state index contributed by atoms with van der Waals surface area (Å²) < 4.78 is 23.3. The highest BCUT2D eigenvalue weighted by Crippen LogP contribution is 2.22. The molecule has 1 aliphatic heterocycles. The van der Waals surface area contributed by atoms with E-state index in [1.165, 1.54) is 18.7 Å². The quantitative estimate of drug-likeness (QED) is 0.677. The van der Waals surface area contributed by atoms with E-state index in [-0.39, 0.29) is 38.5 Å². The van der Waals surface area contributed by atoms with Crippen molar-refractivity contribution in [3.63, 3.8) is 0 Å². The number of carboxylic acid groups (broad SMARTS) is 1. The topological polar surface area (TPSA) is 121 Å². The molecular formula is C10H19N3O5S. The summed E-state index contributed by atoms with van der Waals surface area (Å²) in [7, 11) is -3.72. The Bertz CT molecular complexity index is 466. The molecule has 0 unspecified atom stereocenters. The summed E-state index contributed by atoms with van der Waals surface area (Å²) >= 11 is 0. The molecule has 1 amide bonds. The summed E-state index contributed by atoms with van der Waals surface area (Å²) in [5.41, 5.74) is -1.13. The third-order valence-electron chi connectivity index (χ3n) is 3.12. The van der Waals surface area contributed by atoms with Crippen LogP contribution in [0.15, 0.2) is 0 Å². The lowest BCUT2D eigenvalue weighted by Crippen LogP contribution is -2.52. The average molecular weight is 293 g/mol. The highest BCUT2D eigenvalue weighted by Gasteiger charge is 2.34. The van der Waals surface area contributed by atoms with E-state index in [1.54, 1.807) is 0 Å². The number of piperazine rings is 1. The van der Waals surface area contributed by atoms with Crippen LogP contribution in [0.2, 0.25) is 0 Å². The maximum absolute atomic E-state index is 11.9. The summed E-state index contributed by atoms with van der Waals surface area (Å²) in [5.74, 6) is -1.33. The van der Waals surface area contributed by atoms with Gasteiger partial charge in [-0.15, -0.1) is 0 Å². The van der Waals surface area contributed by atoms with Gasteiger partial charge in [0.05, 0.1) is 5.41 Å². The first-order valence-corrected chi connectivity index (χ1v) is 7.33. The molecule has 1 heterocycles. The van der Waals surface area contributed by atoms with Crippen molar-refractivity contribution in [3.8, 4) is 0 Å². The molecule has 1 rings (SSSR count). The van der Waals surface area contributed by atoms with E-state index in [0.29, 0.717) is 0 Å². The predicted octanol–water partition coefficient (Wildman–Crippen LogP) is -1.16. The van der Waals surface area contributed by atoms with Crippen LogP contribution < -0.4 is 5.14 Å². The zero-order valence-corrected chi connectivity index (χ0v) is 11.8. The Balaban J connectivity index is 2.57. The standard InChI is InChI=1S/C10H19N3O5S/c1-10(2,9(15)16)7-8(14)12-3-5-13(6-4-12)19(11,17)18/h3-7H2,1-2H3,(H,15,16)(H2,11,17,18). The van der Waals surface area contributed by atoms with Crippen LogP contribution in [-0.4, -0.2) is 60.8 Å². The first-order chi connectivity index (χ1) is 8.54. The van der Waals surface area contributed by atoms with Crippen LogP contribution in [0.25, 0.3) is 0 Å². The van der Waals surface area contributed by atoms with Crippen LogP contribution in [0, 0.1) is 5.41 Å². The minimum absolute atomic E-state index is 0.113. The smallest absolute Gasteiger partial charge is 0.309 e. The lowest BCUT2D eigenvalue weighted by Gasteiger charge is -2.34. The van der Waals surface area contributed by atoms with Gasteiger partial charge in [-0.3, -0.25) is 9.59 Å². The lowest BCUT2D eigenvalue weighted by atomic mass is 9.89. The highest BCUT2D eigenvalue weighted by molar-refractivity contribution is 7.86. The zero-order valence-electron chi connectivity index (χ0n) is 11.0. The van der Waals surface area contributed by atoms with Gasteiger partial charge in [0, 0.05) is 32.6 Å². The van der Waals surface area contributed by atoms with E-state index in [0.717, 1.165) is 4.31 Å². The minimum Gasteiger partial charge on any atom is -0.481 e. The van der Waals surface area contributed by atoms with Crippen molar-refractivity contribution in [2.75, 3.05) is 26.2 Å². The Labute approximate surface area is 112 Å². The van der Waals surface area contributed by atoms with Crippen LogP contribution in [-0.2, 0) is 19.8 Å². The fourth-order valence-electron chi connectivity index (χ4n) is 1.76. The van der Waals surface area contributed by atoms with Crippen molar-refractivity contribution in [2.45, 2.75) is 20.3 Å². The van der Waals surface area contributed by atoms with Gasteiger partial charge in [-0.05, 0) is 13.8 Å². The summed E-state index contributed by atoms with van der Waals surface area (Å²) in [5, 5.41) is 14.0. The molecule has 0 aromatic carbocycles. The van der Waals surface area contributed by atoms with Gasteiger partial charge in [0.15, 0.2) is 0 Å². The van der Waals surface area contributed by atoms with E-state index in [1.807, 2.05) is 0 Å². The fraction of sp³-hybridized carbons (Fsp3) is 0.800. The zero-order chi connectivity index (χ0) is 14.8. The third-order valence-corrected chi connectivity index (χ3v) is 4.21. The highest BCUT2D eigenvalue weighted by atomic mass is 32.2. The van der Waals surface area contributed by atoms with E-state index >= 15 is 0 Å². The lowest BCUT2D eigenvalue weighted by molar-refractivity contribution is -0.151. The van der Waals surface area contributed by atoms with Gasteiger partial charge in [0.1, 0.15) is 0 Å². The summed E-state index contributed by atoms with van der Waals surface area (Å²) in [6.45, 7) is 3.69. The number of nitrogens with two attached hydrogens (primary N) is 1. The Kier molecular flexibility index (Phi) is 4.54. The average Bonchev–Trinajstić information content (AvgIpc) is 2.27. The summed E-state index contributed by atoms with van der Waals surface area (Å²) in [6.07, 6.45) is -0.113. The Morgan fingerprint density at radius 2 is 1.68 bits per heavy atom. The van der Waals surface area contributed by atoms with Crippen molar-refractivity contribution in [1.29, 1.82) is 0 Å². The van der Waals surface area contributed by atoms with Crippen molar-refractivity contribution in [2.24, 2.45) is 10.6 Å². The van der Waals surface area contributed by atoms with E-state index in [4.69, 9.17) is 10.2 Å². The number of amides is 1. The molecule has 0 aliphatic carbocycles. The number of rotatable bonds is 4. The SMILES string of the molecule is CC(C)(CC(=O)N1CCN(S(N)(=O)=O)CC1)C(=O)O. The number of hydrogen-bond acceptors (Lipinski definition) is 4. The van der Waals surface area contributed by atoms with Crippen molar-refractivity contribution >= 4 is 22.1 Å². The van der Waals surface area contributed by atoms with Gasteiger partial charge in [-0.25, -0.2) is 5.14 Å². The molecule has 0 aromatic heterocycles. The predicted molar refractivity (Wildman–Crippen MR) is 67.3 cm³/mol. The largest absolute Gasteiger partial charge is 0.481 e. The molecule has 0 saturated carbocycles. The minimum atomic E-state index is -3.72. The number of carbonyl (C=O) groups excluding carboxylic acids is 1. The van der Waals surface area contributed by atoms with Gasteiger partial charge in [-0.1, -0.05) is 0 Å². The summed E-state index contributed by atoms with van der Waals surface area (Å²) in [4.78, 5) is 24.4. The number of carboxylic acids is 1. The Morgan fingerprint density at radius 1 is 1.21 bits per heavy atom.